The summed E-state index contributed by atoms with van der Waals surface area (Å²) in [4.78, 5) is 16.5. The highest BCUT2D eigenvalue weighted by Gasteiger charge is 2.29. The van der Waals surface area contributed by atoms with Gasteiger partial charge in [-0.15, -0.1) is 5.10 Å². The van der Waals surface area contributed by atoms with Gasteiger partial charge in [0, 0.05) is 18.5 Å². The molecule has 0 N–H and O–H groups in total. The van der Waals surface area contributed by atoms with Crippen molar-refractivity contribution >= 4 is 17.7 Å². The SMILES string of the molecule is CC1CN(C=O)c2cnc3cc(F)nn3c21. The van der Waals surface area contributed by atoms with E-state index >= 15 is 0 Å². The molecule has 3 rings (SSSR count). The highest BCUT2D eigenvalue weighted by atomic mass is 19.1. The van der Waals surface area contributed by atoms with Crippen LogP contribution < -0.4 is 4.90 Å². The van der Waals surface area contributed by atoms with E-state index in [0.29, 0.717) is 17.9 Å². The topological polar surface area (TPSA) is 50.5 Å². The third kappa shape index (κ3) is 1.07. The maximum Gasteiger partial charge on any atom is 0.235 e. The molecule has 0 bridgehead atoms. The van der Waals surface area contributed by atoms with Gasteiger partial charge in [-0.05, 0) is 0 Å². The number of amides is 1. The van der Waals surface area contributed by atoms with Crippen molar-refractivity contribution < 1.29 is 9.18 Å². The van der Waals surface area contributed by atoms with Gasteiger partial charge in [-0.2, -0.15) is 4.39 Å². The van der Waals surface area contributed by atoms with E-state index in [4.69, 9.17) is 0 Å². The van der Waals surface area contributed by atoms with Crippen LogP contribution in [0.25, 0.3) is 5.65 Å². The molecule has 0 aromatic carbocycles. The molecule has 82 valence electrons. The molecule has 0 saturated carbocycles. The molecule has 1 amide bonds. The first kappa shape index (κ1) is 9.26. The molecule has 0 radical (unpaired) electrons. The largest absolute Gasteiger partial charge is 0.311 e. The lowest BCUT2D eigenvalue weighted by molar-refractivity contribution is -0.107. The molecule has 0 fully saturated rings. The first-order chi connectivity index (χ1) is 7.70. The lowest BCUT2D eigenvalue weighted by Gasteiger charge is -2.08. The molecule has 1 atom stereocenters. The Morgan fingerprint density at radius 1 is 1.62 bits per heavy atom. The van der Waals surface area contributed by atoms with Crippen LogP contribution in [-0.4, -0.2) is 27.6 Å². The predicted molar refractivity (Wildman–Crippen MR) is 54.8 cm³/mol. The van der Waals surface area contributed by atoms with Crippen molar-refractivity contribution in [2.75, 3.05) is 11.4 Å². The van der Waals surface area contributed by atoms with Gasteiger partial charge in [0.2, 0.25) is 12.4 Å². The molecular formula is C10H9FN4O. The molecule has 0 saturated heterocycles. The van der Waals surface area contributed by atoms with E-state index in [9.17, 15) is 9.18 Å². The second-order valence-electron chi connectivity index (χ2n) is 3.92. The summed E-state index contributed by atoms with van der Waals surface area (Å²) in [7, 11) is 0. The van der Waals surface area contributed by atoms with Crippen molar-refractivity contribution in [2.24, 2.45) is 0 Å². The molecule has 1 unspecified atom stereocenters. The highest BCUT2D eigenvalue weighted by molar-refractivity contribution is 5.79. The fraction of sp³-hybridized carbons (Fsp3) is 0.300. The lowest BCUT2D eigenvalue weighted by Crippen LogP contribution is -2.18. The van der Waals surface area contributed by atoms with Crippen molar-refractivity contribution in [1.82, 2.24) is 14.6 Å². The van der Waals surface area contributed by atoms with Crippen LogP contribution in [0.3, 0.4) is 0 Å². The van der Waals surface area contributed by atoms with Gasteiger partial charge in [-0.3, -0.25) is 4.79 Å². The summed E-state index contributed by atoms with van der Waals surface area (Å²) < 4.78 is 14.5. The molecule has 1 aliphatic rings. The number of halogens is 1. The lowest BCUT2D eigenvalue weighted by atomic mass is 10.1. The summed E-state index contributed by atoms with van der Waals surface area (Å²) in [5.41, 5.74) is 2.01. The number of carbonyl (C=O) groups excluding carboxylic acids is 1. The van der Waals surface area contributed by atoms with E-state index < -0.39 is 5.95 Å². The fourth-order valence-corrected chi connectivity index (χ4v) is 2.18. The molecule has 2 aromatic heterocycles. The van der Waals surface area contributed by atoms with E-state index in [1.807, 2.05) is 6.92 Å². The van der Waals surface area contributed by atoms with Gasteiger partial charge in [0.05, 0.1) is 17.6 Å². The van der Waals surface area contributed by atoms with Crippen molar-refractivity contribution in [3.63, 3.8) is 0 Å². The number of carbonyl (C=O) groups is 1. The first-order valence-corrected chi connectivity index (χ1v) is 4.97. The van der Waals surface area contributed by atoms with E-state index in [2.05, 4.69) is 10.1 Å². The number of hydrogen-bond acceptors (Lipinski definition) is 3. The van der Waals surface area contributed by atoms with Gasteiger partial charge < -0.3 is 4.90 Å². The summed E-state index contributed by atoms with van der Waals surface area (Å²) in [5.74, 6) is -0.428. The van der Waals surface area contributed by atoms with Crippen molar-refractivity contribution in [2.45, 2.75) is 12.8 Å². The Morgan fingerprint density at radius 2 is 2.44 bits per heavy atom. The minimum atomic E-state index is -0.558. The molecule has 5 nitrogen and oxygen atoms in total. The zero-order valence-electron chi connectivity index (χ0n) is 8.59. The van der Waals surface area contributed by atoms with Crippen LogP contribution >= 0.6 is 0 Å². The average molecular weight is 220 g/mol. The van der Waals surface area contributed by atoms with Gasteiger partial charge in [0.15, 0.2) is 5.65 Å². The highest BCUT2D eigenvalue weighted by Crippen LogP contribution is 2.34. The van der Waals surface area contributed by atoms with E-state index in [1.165, 1.54) is 10.6 Å². The molecule has 6 heteroatoms. The van der Waals surface area contributed by atoms with Gasteiger partial charge in [-0.25, -0.2) is 9.50 Å². The quantitative estimate of drug-likeness (QED) is 0.672. The minimum absolute atomic E-state index is 0.130. The number of hydrogen-bond donors (Lipinski definition) is 0. The summed E-state index contributed by atoms with van der Waals surface area (Å²) in [6.45, 7) is 2.56. The normalized spacial score (nSPS) is 19.1. The van der Waals surface area contributed by atoms with Gasteiger partial charge in [0.25, 0.3) is 0 Å². The molecule has 1 aliphatic heterocycles. The van der Waals surface area contributed by atoms with Crippen molar-refractivity contribution in [3.8, 4) is 0 Å². The standard InChI is InChI=1S/C10H9FN4O/c1-6-4-14(5-16)7-3-12-9-2-8(11)13-15(9)10(6)7/h2-3,5-6H,4H2,1H3. The van der Waals surface area contributed by atoms with Crippen LogP contribution in [0.1, 0.15) is 18.5 Å². The van der Waals surface area contributed by atoms with Gasteiger partial charge >= 0.3 is 0 Å². The summed E-state index contributed by atoms with van der Waals surface area (Å²) >= 11 is 0. The Bertz CT molecular complexity index is 579. The second-order valence-corrected chi connectivity index (χ2v) is 3.92. The number of rotatable bonds is 1. The zero-order chi connectivity index (χ0) is 11.3. The Morgan fingerprint density at radius 3 is 3.19 bits per heavy atom. The monoisotopic (exact) mass is 220 g/mol. The van der Waals surface area contributed by atoms with Crippen LogP contribution in [-0.2, 0) is 4.79 Å². The average Bonchev–Trinajstić information content (AvgIpc) is 2.77. The molecule has 2 aromatic rings. The maximum absolute atomic E-state index is 13.0. The minimum Gasteiger partial charge on any atom is -0.311 e. The van der Waals surface area contributed by atoms with E-state index in [-0.39, 0.29) is 5.92 Å². The van der Waals surface area contributed by atoms with E-state index in [1.54, 1.807) is 11.1 Å². The Labute approximate surface area is 90.5 Å². The summed E-state index contributed by atoms with van der Waals surface area (Å²) in [6.07, 6.45) is 2.35. The van der Waals surface area contributed by atoms with Gasteiger partial charge in [-0.1, -0.05) is 6.92 Å². The molecule has 0 spiro atoms. The third-order valence-electron chi connectivity index (χ3n) is 2.84. The predicted octanol–water partition coefficient (Wildman–Crippen LogP) is 0.948. The first-order valence-electron chi connectivity index (χ1n) is 4.97. The Hall–Kier alpha value is -1.98. The number of nitrogens with zero attached hydrogens (tertiary/aromatic N) is 4. The van der Waals surface area contributed by atoms with Crippen LogP contribution in [0.4, 0.5) is 10.1 Å². The smallest absolute Gasteiger partial charge is 0.235 e. The summed E-state index contributed by atoms with van der Waals surface area (Å²) in [6, 6.07) is 1.27. The number of fused-ring (bicyclic) bond motifs is 3. The van der Waals surface area contributed by atoms with Crippen molar-refractivity contribution in [1.29, 1.82) is 0 Å². The molecule has 3 heterocycles. The fourth-order valence-electron chi connectivity index (χ4n) is 2.18. The van der Waals surface area contributed by atoms with Crippen LogP contribution in [0, 0.1) is 5.95 Å². The third-order valence-corrected chi connectivity index (χ3v) is 2.84. The Balaban J connectivity index is 2.34. The summed E-state index contributed by atoms with van der Waals surface area (Å²) in [5, 5.41) is 3.75. The second kappa shape index (κ2) is 3.01. The molecule has 16 heavy (non-hydrogen) atoms. The van der Waals surface area contributed by atoms with E-state index in [0.717, 1.165) is 12.1 Å². The molecular weight excluding hydrogens is 211 g/mol. The number of anilines is 1. The number of aromatic nitrogens is 3. The Kier molecular flexibility index (Phi) is 1.74. The zero-order valence-corrected chi connectivity index (χ0v) is 8.59. The van der Waals surface area contributed by atoms with Crippen molar-refractivity contribution in [3.05, 3.63) is 23.9 Å². The molecule has 0 aliphatic carbocycles. The van der Waals surface area contributed by atoms with Crippen LogP contribution in [0.2, 0.25) is 0 Å². The van der Waals surface area contributed by atoms with Crippen LogP contribution in [0.5, 0.6) is 0 Å². The maximum atomic E-state index is 13.0. The van der Waals surface area contributed by atoms with Crippen LogP contribution in [0.15, 0.2) is 12.3 Å². The van der Waals surface area contributed by atoms with Gasteiger partial charge in [0.1, 0.15) is 0 Å².